The number of aliphatic hydroxyl groups excluding tert-OH is 1. The second kappa shape index (κ2) is 10.7. The van der Waals surface area contributed by atoms with Crippen molar-refractivity contribution in [2.45, 2.75) is 30.8 Å². The number of nitrogens with zero attached hydrogens (tertiary/aromatic N) is 2. The van der Waals surface area contributed by atoms with Crippen molar-refractivity contribution in [1.29, 1.82) is 0 Å². The maximum Gasteiger partial charge on any atom is 0.261 e. The molecule has 0 spiro atoms. The Morgan fingerprint density at radius 2 is 1.86 bits per heavy atom. The largest absolute Gasteiger partial charge is 0.387 e. The summed E-state index contributed by atoms with van der Waals surface area (Å²) in [5, 5.41) is 21.0. The van der Waals surface area contributed by atoms with Crippen molar-refractivity contribution >= 4 is 21.4 Å². The van der Waals surface area contributed by atoms with Gasteiger partial charge in [-0.05, 0) is 78.5 Å². The van der Waals surface area contributed by atoms with Crippen LogP contribution in [-0.4, -0.2) is 43.3 Å². The van der Waals surface area contributed by atoms with Gasteiger partial charge < -0.3 is 20.3 Å². The SMILES string of the molecule is Cc1nc(-c2ccc(S(=O)(=O)Nc3ccc(CCNCC(O)c4ccc5c(c4)CCN5)cc3)cc2)no1. The van der Waals surface area contributed by atoms with Crippen molar-refractivity contribution in [3.8, 4) is 11.4 Å². The van der Waals surface area contributed by atoms with E-state index in [2.05, 4.69) is 31.6 Å². The number of aryl methyl sites for hydroxylation is 1. The summed E-state index contributed by atoms with van der Waals surface area (Å²) in [6, 6.07) is 19.7. The number of anilines is 2. The molecular formula is C27H29N5O4S. The quantitative estimate of drug-likeness (QED) is 0.234. The predicted octanol–water partition coefficient (Wildman–Crippen LogP) is 3.68. The zero-order valence-electron chi connectivity index (χ0n) is 20.4. The number of sulfonamides is 1. The highest BCUT2D eigenvalue weighted by molar-refractivity contribution is 7.92. The van der Waals surface area contributed by atoms with E-state index >= 15 is 0 Å². The van der Waals surface area contributed by atoms with Gasteiger partial charge in [-0.3, -0.25) is 4.72 Å². The average Bonchev–Trinajstić information content (AvgIpc) is 3.56. The molecule has 0 amide bonds. The van der Waals surface area contributed by atoms with E-state index in [-0.39, 0.29) is 4.90 Å². The van der Waals surface area contributed by atoms with Crippen molar-refractivity contribution in [2.24, 2.45) is 0 Å². The fourth-order valence-electron chi connectivity index (χ4n) is 4.27. The number of aromatic nitrogens is 2. The molecule has 192 valence electrons. The highest BCUT2D eigenvalue weighted by Gasteiger charge is 2.16. The Kier molecular flexibility index (Phi) is 7.22. The van der Waals surface area contributed by atoms with Crippen LogP contribution in [0, 0.1) is 6.92 Å². The van der Waals surface area contributed by atoms with E-state index in [9.17, 15) is 13.5 Å². The first kappa shape index (κ1) is 24.9. The zero-order chi connectivity index (χ0) is 25.8. The maximum atomic E-state index is 12.8. The van der Waals surface area contributed by atoms with Crippen LogP contribution in [0.25, 0.3) is 11.4 Å². The molecule has 4 aromatic rings. The van der Waals surface area contributed by atoms with Crippen LogP contribution < -0.4 is 15.4 Å². The first-order chi connectivity index (χ1) is 17.9. The second-order valence-corrected chi connectivity index (χ2v) is 10.7. The van der Waals surface area contributed by atoms with Crippen LogP contribution in [0.5, 0.6) is 0 Å². The lowest BCUT2D eigenvalue weighted by molar-refractivity contribution is 0.175. The molecule has 4 N–H and O–H groups in total. The monoisotopic (exact) mass is 519 g/mol. The van der Waals surface area contributed by atoms with Gasteiger partial charge in [-0.15, -0.1) is 0 Å². The third-order valence-corrected chi connectivity index (χ3v) is 7.71. The highest BCUT2D eigenvalue weighted by atomic mass is 32.2. The van der Waals surface area contributed by atoms with Gasteiger partial charge in [0.2, 0.25) is 11.7 Å². The zero-order valence-corrected chi connectivity index (χ0v) is 21.3. The summed E-state index contributed by atoms with van der Waals surface area (Å²) in [4.78, 5) is 4.29. The molecule has 3 aromatic carbocycles. The molecule has 0 fully saturated rings. The molecule has 0 saturated heterocycles. The summed E-state index contributed by atoms with van der Waals surface area (Å²) in [6.45, 7) is 3.80. The molecule has 5 rings (SSSR count). The van der Waals surface area contributed by atoms with Crippen molar-refractivity contribution in [3.63, 3.8) is 0 Å². The number of hydrogen-bond donors (Lipinski definition) is 4. The molecule has 9 nitrogen and oxygen atoms in total. The number of fused-ring (bicyclic) bond motifs is 1. The van der Waals surface area contributed by atoms with Gasteiger partial charge in [0, 0.05) is 37.0 Å². The number of rotatable bonds is 10. The first-order valence-electron chi connectivity index (χ1n) is 12.2. The fourth-order valence-corrected chi connectivity index (χ4v) is 5.33. The van der Waals surface area contributed by atoms with Crippen LogP contribution in [0.4, 0.5) is 11.4 Å². The van der Waals surface area contributed by atoms with E-state index in [1.54, 1.807) is 31.2 Å². The molecule has 0 radical (unpaired) electrons. The molecule has 1 aromatic heterocycles. The van der Waals surface area contributed by atoms with Crippen LogP contribution in [0.15, 0.2) is 76.1 Å². The molecule has 1 aliphatic heterocycles. The molecule has 1 aliphatic rings. The summed E-state index contributed by atoms with van der Waals surface area (Å²) in [6.07, 6.45) is 1.18. The lowest BCUT2D eigenvalue weighted by Gasteiger charge is -2.14. The van der Waals surface area contributed by atoms with E-state index in [1.807, 2.05) is 24.3 Å². The molecule has 0 saturated carbocycles. The van der Waals surface area contributed by atoms with Crippen LogP contribution in [0.3, 0.4) is 0 Å². The average molecular weight is 520 g/mol. The molecule has 10 heteroatoms. The Morgan fingerprint density at radius 3 is 2.59 bits per heavy atom. The normalized spacial score (nSPS) is 13.7. The van der Waals surface area contributed by atoms with Crippen LogP contribution in [0.1, 0.15) is 28.7 Å². The Morgan fingerprint density at radius 1 is 1.08 bits per heavy atom. The standard InChI is InChI=1S/C27H29N5O4S/c1-18-30-27(31-36-18)20-4-9-24(10-5-20)37(34,35)32-23-7-2-19(3-8-23)12-14-28-17-26(33)22-6-11-25-21(16-22)13-15-29-25/h2-11,16,26,28-29,32-33H,12-15,17H2,1H3. The summed E-state index contributed by atoms with van der Waals surface area (Å²) in [7, 11) is -3.74. The Labute approximate surface area is 216 Å². The molecule has 2 heterocycles. The molecular weight excluding hydrogens is 490 g/mol. The summed E-state index contributed by atoms with van der Waals surface area (Å²) in [5.41, 5.74) is 5.55. The Hall–Kier alpha value is -3.73. The number of benzene rings is 3. The Bertz CT molecular complexity index is 1470. The minimum atomic E-state index is -3.74. The topological polar surface area (TPSA) is 129 Å². The van der Waals surface area contributed by atoms with Gasteiger partial charge in [-0.25, -0.2) is 8.42 Å². The third-order valence-electron chi connectivity index (χ3n) is 6.31. The van der Waals surface area contributed by atoms with Crippen LogP contribution in [0.2, 0.25) is 0 Å². The summed E-state index contributed by atoms with van der Waals surface area (Å²) >= 11 is 0. The predicted molar refractivity (Wildman–Crippen MR) is 142 cm³/mol. The first-order valence-corrected chi connectivity index (χ1v) is 13.6. The fraction of sp³-hybridized carbons (Fsp3) is 0.259. The number of aliphatic hydroxyl groups is 1. The Balaban J connectivity index is 1.10. The van der Waals surface area contributed by atoms with Gasteiger partial charge in [0.15, 0.2) is 0 Å². The van der Waals surface area contributed by atoms with Gasteiger partial charge in [-0.1, -0.05) is 29.4 Å². The number of nitrogens with one attached hydrogen (secondary N) is 3. The minimum Gasteiger partial charge on any atom is -0.387 e. The molecule has 1 atom stereocenters. The van der Waals surface area contributed by atoms with Crippen molar-refractivity contribution in [3.05, 3.63) is 89.3 Å². The van der Waals surface area contributed by atoms with Gasteiger partial charge >= 0.3 is 0 Å². The highest BCUT2D eigenvalue weighted by Crippen LogP contribution is 2.26. The van der Waals surface area contributed by atoms with E-state index in [4.69, 9.17) is 4.52 Å². The van der Waals surface area contributed by atoms with E-state index in [0.29, 0.717) is 36.1 Å². The summed E-state index contributed by atoms with van der Waals surface area (Å²) in [5.74, 6) is 0.854. The number of hydrogen-bond acceptors (Lipinski definition) is 8. The van der Waals surface area contributed by atoms with Crippen LogP contribution in [-0.2, 0) is 22.9 Å². The molecule has 37 heavy (non-hydrogen) atoms. The van der Waals surface area contributed by atoms with Gasteiger partial charge in [0.1, 0.15) is 0 Å². The van der Waals surface area contributed by atoms with E-state index < -0.39 is 16.1 Å². The van der Waals surface area contributed by atoms with Crippen LogP contribution >= 0.6 is 0 Å². The second-order valence-electron chi connectivity index (χ2n) is 9.03. The minimum absolute atomic E-state index is 0.142. The van der Waals surface area contributed by atoms with Gasteiger partial charge in [0.05, 0.1) is 11.0 Å². The van der Waals surface area contributed by atoms with Gasteiger partial charge in [0.25, 0.3) is 10.0 Å². The molecule has 0 bridgehead atoms. The van der Waals surface area contributed by atoms with E-state index in [0.717, 1.165) is 36.2 Å². The van der Waals surface area contributed by atoms with Crippen molar-refractivity contribution < 1.29 is 18.0 Å². The molecule has 0 aliphatic carbocycles. The summed E-state index contributed by atoms with van der Waals surface area (Å²) < 4.78 is 33.2. The lowest BCUT2D eigenvalue weighted by Crippen LogP contribution is -2.23. The smallest absolute Gasteiger partial charge is 0.261 e. The van der Waals surface area contributed by atoms with E-state index in [1.165, 1.54) is 17.7 Å². The lowest BCUT2D eigenvalue weighted by atomic mass is 10.0. The van der Waals surface area contributed by atoms with Crippen molar-refractivity contribution in [2.75, 3.05) is 29.7 Å². The third kappa shape index (κ3) is 5.99. The van der Waals surface area contributed by atoms with Crippen molar-refractivity contribution in [1.82, 2.24) is 15.5 Å². The van der Waals surface area contributed by atoms with Gasteiger partial charge in [-0.2, -0.15) is 4.98 Å². The molecule has 1 unspecified atom stereocenters. The maximum absolute atomic E-state index is 12.8.